The van der Waals surface area contributed by atoms with Gasteiger partial charge in [-0.15, -0.1) is 0 Å². The summed E-state index contributed by atoms with van der Waals surface area (Å²) in [6, 6.07) is 0. The molecule has 1 atom stereocenters. The summed E-state index contributed by atoms with van der Waals surface area (Å²) in [7, 11) is 1.68. The zero-order chi connectivity index (χ0) is 11.7. The molecule has 2 heterocycles. The average Bonchev–Trinajstić information content (AvgIpc) is 2.58. The van der Waals surface area contributed by atoms with E-state index in [2.05, 4.69) is 16.5 Å². The first-order valence-electron chi connectivity index (χ1n) is 5.24. The van der Waals surface area contributed by atoms with Gasteiger partial charge in [0.2, 0.25) is 0 Å². The number of nitrogens with one attached hydrogen (secondary N) is 1. The maximum atomic E-state index is 5.27. The molecule has 0 saturated heterocycles. The van der Waals surface area contributed by atoms with Crippen LogP contribution in [0.15, 0.2) is 22.4 Å². The highest BCUT2D eigenvalue weighted by atomic mass is 16.5. The van der Waals surface area contributed by atoms with Crippen molar-refractivity contribution in [1.29, 1.82) is 0 Å². The minimum atomic E-state index is -0.0378. The fourth-order valence-corrected chi connectivity index (χ4v) is 1.95. The molecule has 0 saturated carbocycles. The zero-order valence-corrected chi connectivity index (χ0v) is 10.00. The summed E-state index contributed by atoms with van der Waals surface area (Å²) in [5, 5.41) is 7.14. The fourth-order valence-electron chi connectivity index (χ4n) is 1.95. The molecule has 16 heavy (non-hydrogen) atoms. The Labute approximate surface area is 95.0 Å². The van der Waals surface area contributed by atoms with Gasteiger partial charge in [0.1, 0.15) is 12.0 Å². The molecule has 1 N–H and O–H groups in total. The maximum absolute atomic E-state index is 5.27. The van der Waals surface area contributed by atoms with Crippen LogP contribution < -0.4 is 5.32 Å². The van der Waals surface area contributed by atoms with Crippen LogP contribution in [0.1, 0.15) is 23.9 Å². The molecule has 2 rings (SSSR count). The molecule has 0 fully saturated rings. The van der Waals surface area contributed by atoms with Gasteiger partial charge in [-0.25, -0.2) is 0 Å². The molecule has 0 bridgehead atoms. The Hall–Kier alpha value is -1.55. The van der Waals surface area contributed by atoms with Crippen LogP contribution in [0.4, 0.5) is 0 Å². The van der Waals surface area contributed by atoms with Gasteiger partial charge in [0, 0.05) is 24.4 Å². The molecule has 1 aromatic rings. The second-order valence-electron chi connectivity index (χ2n) is 3.97. The van der Waals surface area contributed by atoms with Gasteiger partial charge in [-0.2, -0.15) is 0 Å². The Balaban J connectivity index is 2.35. The SMILES string of the molecule is COC1NC=C(c2c(C)noc2C)C=C1C. The number of aryl methyl sites for hydroxylation is 2. The van der Waals surface area contributed by atoms with Crippen molar-refractivity contribution in [1.82, 2.24) is 10.5 Å². The van der Waals surface area contributed by atoms with E-state index in [9.17, 15) is 0 Å². The lowest BCUT2D eigenvalue weighted by atomic mass is 10.00. The molecule has 1 aliphatic rings. The van der Waals surface area contributed by atoms with E-state index in [1.54, 1.807) is 7.11 Å². The van der Waals surface area contributed by atoms with Crippen molar-refractivity contribution in [3.05, 3.63) is 34.9 Å². The lowest BCUT2D eigenvalue weighted by Crippen LogP contribution is -2.30. The predicted molar refractivity (Wildman–Crippen MR) is 61.6 cm³/mol. The van der Waals surface area contributed by atoms with E-state index in [1.165, 1.54) is 0 Å². The Morgan fingerprint density at radius 2 is 2.12 bits per heavy atom. The first-order valence-corrected chi connectivity index (χ1v) is 5.24. The number of allylic oxidation sites excluding steroid dienone is 2. The smallest absolute Gasteiger partial charge is 0.149 e. The largest absolute Gasteiger partial charge is 0.362 e. The van der Waals surface area contributed by atoms with Crippen LogP contribution in [-0.2, 0) is 4.74 Å². The molecule has 1 unspecified atom stereocenters. The zero-order valence-electron chi connectivity index (χ0n) is 10.00. The Bertz CT molecular complexity index is 438. The van der Waals surface area contributed by atoms with Gasteiger partial charge >= 0.3 is 0 Å². The molecule has 0 amide bonds. The quantitative estimate of drug-likeness (QED) is 0.829. The van der Waals surface area contributed by atoms with E-state index in [0.717, 1.165) is 28.2 Å². The van der Waals surface area contributed by atoms with Crippen molar-refractivity contribution >= 4 is 5.57 Å². The number of methoxy groups -OCH3 is 1. The van der Waals surface area contributed by atoms with Crippen LogP contribution in [0.3, 0.4) is 0 Å². The number of nitrogens with zero attached hydrogens (tertiary/aromatic N) is 1. The monoisotopic (exact) mass is 220 g/mol. The van der Waals surface area contributed by atoms with Crippen molar-refractivity contribution in [2.45, 2.75) is 27.0 Å². The number of hydrogen-bond acceptors (Lipinski definition) is 4. The van der Waals surface area contributed by atoms with E-state index < -0.39 is 0 Å². The lowest BCUT2D eigenvalue weighted by Gasteiger charge is -2.22. The maximum Gasteiger partial charge on any atom is 0.149 e. The van der Waals surface area contributed by atoms with Crippen molar-refractivity contribution in [3.63, 3.8) is 0 Å². The second kappa shape index (κ2) is 4.14. The Morgan fingerprint density at radius 1 is 1.38 bits per heavy atom. The van der Waals surface area contributed by atoms with Gasteiger partial charge in [0.05, 0.1) is 5.69 Å². The molecular weight excluding hydrogens is 204 g/mol. The van der Waals surface area contributed by atoms with Gasteiger partial charge in [0.25, 0.3) is 0 Å². The number of dihydropyridines is 1. The van der Waals surface area contributed by atoms with E-state index in [1.807, 2.05) is 27.0 Å². The summed E-state index contributed by atoms with van der Waals surface area (Å²) in [4.78, 5) is 0. The second-order valence-corrected chi connectivity index (χ2v) is 3.97. The third kappa shape index (κ3) is 1.76. The van der Waals surface area contributed by atoms with Crippen molar-refractivity contribution in [2.24, 2.45) is 0 Å². The number of ether oxygens (including phenoxy) is 1. The highest BCUT2D eigenvalue weighted by molar-refractivity contribution is 5.77. The van der Waals surface area contributed by atoms with Gasteiger partial charge < -0.3 is 14.6 Å². The minimum Gasteiger partial charge on any atom is -0.362 e. The van der Waals surface area contributed by atoms with Gasteiger partial charge in [-0.05, 0) is 32.4 Å². The highest BCUT2D eigenvalue weighted by Crippen LogP contribution is 2.27. The van der Waals surface area contributed by atoms with E-state index in [-0.39, 0.29) is 6.23 Å². The molecule has 86 valence electrons. The van der Waals surface area contributed by atoms with Crippen LogP contribution in [-0.4, -0.2) is 18.5 Å². The molecule has 0 aliphatic carbocycles. The minimum absolute atomic E-state index is 0.0378. The van der Waals surface area contributed by atoms with Crippen LogP contribution in [0.5, 0.6) is 0 Å². The number of aromatic nitrogens is 1. The van der Waals surface area contributed by atoms with Gasteiger partial charge in [-0.1, -0.05) is 5.16 Å². The predicted octanol–water partition coefficient (Wildman–Crippen LogP) is 2.15. The van der Waals surface area contributed by atoms with Gasteiger partial charge in [-0.3, -0.25) is 0 Å². The van der Waals surface area contributed by atoms with Crippen LogP contribution >= 0.6 is 0 Å². The van der Waals surface area contributed by atoms with Gasteiger partial charge in [0.15, 0.2) is 0 Å². The molecule has 0 aromatic carbocycles. The summed E-state index contributed by atoms with van der Waals surface area (Å²) in [6.07, 6.45) is 3.99. The molecule has 4 heteroatoms. The van der Waals surface area contributed by atoms with E-state index in [4.69, 9.17) is 9.26 Å². The Kier molecular flexibility index (Phi) is 2.83. The summed E-state index contributed by atoms with van der Waals surface area (Å²) in [6.45, 7) is 5.90. The van der Waals surface area contributed by atoms with Crippen molar-refractivity contribution in [3.8, 4) is 0 Å². The first kappa shape index (κ1) is 11.0. The topological polar surface area (TPSA) is 47.3 Å². The van der Waals surface area contributed by atoms with Crippen LogP contribution in [0.2, 0.25) is 0 Å². The third-order valence-corrected chi connectivity index (χ3v) is 2.74. The molecule has 0 radical (unpaired) electrons. The third-order valence-electron chi connectivity index (χ3n) is 2.74. The van der Waals surface area contributed by atoms with Crippen LogP contribution in [0, 0.1) is 13.8 Å². The van der Waals surface area contributed by atoms with Crippen molar-refractivity contribution < 1.29 is 9.26 Å². The highest BCUT2D eigenvalue weighted by Gasteiger charge is 2.18. The van der Waals surface area contributed by atoms with Crippen molar-refractivity contribution in [2.75, 3.05) is 7.11 Å². The van der Waals surface area contributed by atoms with Crippen LogP contribution in [0.25, 0.3) is 5.57 Å². The summed E-state index contributed by atoms with van der Waals surface area (Å²) < 4.78 is 10.4. The summed E-state index contributed by atoms with van der Waals surface area (Å²) in [5.74, 6) is 0.838. The molecule has 1 aliphatic heterocycles. The molecule has 4 nitrogen and oxygen atoms in total. The lowest BCUT2D eigenvalue weighted by molar-refractivity contribution is 0.114. The normalized spacial score (nSPS) is 20.1. The van der Waals surface area contributed by atoms with E-state index in [0.29, 0.717) is 0 Å². The fraction of sp³-hybridized carbons (Fsp3) is 0.417. The first-order chi connectivity index (χ1) is 7.63. The number of rotatable bonds is 2. The summed E-state index contributed by atoms with van der Waals surface area (Å²) in [5.41, 5.74) is 4.19. The van der Waals surface area contributed by atoms with E-state index >= 15 is 0 Å². The summed E-state index contributed by atoms with van der Waals surface area (Å²) >= 11 is 0. The molecule has 0 spiro atoms. The average molecular weight is 220 g/mol. The Morgan fingerprint density at radius 3 is 2.62 bits per heavy atom. The molecular formula is C12H16N2O2. The molecule has 1 aromatic heterocycles. The number of hydrogen-bond donors (Lipinski definition) is 1. The standard InChI is InChI=1S/C12H16N2O2/c1-7-5-10(6-13-12(7)15-4)11-8(2)14-16-9(11)3/h5-6,12-13H,1-4H3.